The van der Waals surface area contributed by atoms with E-state index in [9.17, 15) is 17.8 Å². The maximum Gasteiger partial charge on any atom is 1.00 e. The molecular formula is C16H32KNO4S. The van der Waals surface area contributed by atoms with Crippen molar-refractivity contribution >= 4 is 16.0 Å². The molecule has 0 aliphatic carbocycles. The molecule has 1 amide bonds. The van der Waals surface area contributed by atoms with Gasteiger partial charge in [-0.2, -0.15) is 0 Å². The van der Waals surface area contributed by atoms with E-state index in [1.165, 1.54) is 49.8 Å². The molecule has 0 atom stereocenters. The summed E-state index contributed by atoms with van der Waals surface area (Å²) in [5.74, 6) is -0.367. The number of hydrogen-bond acceptors (Lipinski definition) is 4. The van der Waals surface area contributed by atoms with Gasteiger partial charge in [0.05, 0.1) is 10.1 Å². The summed E-state index contributed by atoms with van der Waals surface area (Å²) in [6.45, 7) is 2.55. The molecular weight excluding hydrogens is 341 g/mol. The normalized spacial score (nSPS) is 11.1. The molecule has 0 unspecified atom stereocenters. The third-order valence-corrected chi connectivity index (χ3v) is 4.60. The molecule has 0 spiro atoms. The van der Waals surface area contributed by atoms with Crippen molar-refractivity contribution in [3.63, 3.8) is 0 Å². The van der Waals surface area contributed by atoms with E-state index in [0.717, 1.165) is 12.8 Å². The molecule has 0 aliphatic heterocycles. The molecule has 5 nitrogen and oxygen atoms in total. The summed E-state index contributed by atoms with van der Waals surface area (Å²) >= 11 is 0. The Kier molecular flexibility index (Phi) is 18.8. The second-order valence-electron chi connectivity index (χ2n) is 6.01. The largest absolute Gasteiger partial charge is 1.00 e. The Bertz CT molecular complexity index is 388. The van der Waals surface area contributed by atoms with Crippen LogP contribution in [0.3, 0.4) is 0 Å². The van der Waals surface area contributed by atoms with Crippen LogP contribution in [0.25, 0.3) is 0 Å². The molecule has 23 heavy (non-hydrogen) atoms. The predicted octanol–water partition coefficient (Wildman–Crippen LogP) is 0.305. The van der Waals surface area contributed by atoms with Gasteiger partial charge in [0.15, 0.2) is 0 Å². The fourth-order valence-electron chi connectivity index (χ4n) is 2.38. The number of amides is 1. The summed E-state index contributed by atoms with van der Waals surface area (Å²) in [6, 6.07) is 0. The summed E-state index contributed by atoms with van der Waals surface area (Å²) in [5, 5.41) is 0. The van der Waals surface area contributed by atoms with Crippen molar-refractivity contribution in [3.05, 3.63) is 0 Å². The van der Waals surface area contributed by atoms with Gasteiger partial charge in [0.25, 0.3) is 0 Å². The van der Waals surface area contributed by atoms with Crippen LogP contribution in [0.4, 0.5) is 0 Å². The molecule has 0 rings (SSSR count). The minimum atomic E-state index is -4.17. The maximum absolute atomic E-state index is 11.8. The van der Waals surface area contributed by atoms with Crippen LogP contribution in [0.2, 0.25) is 0 Å². The molecule has 0 aromatic carbocycles. The van der Waals surface area contributed by atoms with Gasteiger partial charge in [0.2, 0.25) is 5.91 Å². The van der Waals surface area contributed by atoms with Crippen molar-refractivity contribution in [3.8, 4) is 0 Å². The second kappa shape index (κ2) is 16.5. The van der Waals surface area contributed by atoms with E-state index >= 15 is 0 Å². The van der Waals surface area contributed by atoms with E-state index < -0.39 is 15.9 Å². The Morgan fingerprint density at radius 3 is 1.87 bits per heavy atom. The molecule has 0 N–H and O–H groups in total. The summed E-state index contributed by atoms with van der Waals surface area (Å²) in [5.41, 5.74) is 0. The van der Waals surface area contributed by atoms with Crippen molar-refractivity contribution in [2.45, 2.75) is 77.6 Å². The Hall–Kier alpha value is 1.02. The zero-order chi connectivity index (χ0) is 16.8. The smallest absolute Gasteiger partial charge is 0.748 e. The first kappa shape index (κ1) is 26.2. The van der Waals surface area contributed by atoms with Crippen LogP contribution in [-0.2, 0) is 14.9 Å². The van der Waals surface area contributed by atoms with Gasteiger partial charge in [-0.25, -0.2) is 8.42 Å². The first-order chi connectivity index (χ1) is 10.4. The number of hydrogen-bond donors (Lipinski definition) is 0. The Labute approximate surface area is 185 Å². The number of rotatable bonds is 14. The standard InChI is InChI=1S/C16H33NO4S.K/c1-3-4-5-6-7-8-9-10-11-13-16(18)17(2)14-12-15-22(19,20)21;/h3-15H2,1-2H3,(H,19,20,21);/q;+1/p-1. The van der Waals surface area contributed by atoms with Gasteiger partial charge in [-0.05, 0) is 12.8 Å². The van der Waals surface area contributed by atoms with Crippen LogP contribution in [0.5, 0.6) is 0 Å². The van der Waals surface area contributed by atoms with Crippen LogP contribution in [0, 0.1) is 0 Å². The zero-order valence-electron chi connectivity index (χ0n) is 15.2. The maximum atomic E-state index is 11.8. The van der Waals surface area contributed by atoms with Gasteiger partial charge >= 0.3 is 51.4 Å². The number of carbonyl (C=O) groups excluding carboxylic acids is 1. The average Bonchev–Trinajstić information content (AvgIpc) is 2.43. The van der Waals surface area contributed by atoms with Crippen LogP contribution >= 0.6 is 0 Å². The van der Waals surface area contributed by atoms with Gasteiger partial charge in [-0.15, -0.1) is 0 Å². The molecule has 0 bridgehead atoms. The van der Waals surface area contributed by atoms with Crippen LogP contribution in [0.1, 0.15) is 77.6 Å². The van der Waals surface area contributed by atoms with E-state index in [4.69, 9.17) is 0 Å². The molecule has 0 saturated carbocycles. The van der Waals surface area contributed by atoms with Crippen LogP contribution < -0.4 is 51.4 Å². The quantitative estimate of drug-likeness (QED) is 0.249. The summed E-state index contributed by atoms with van der Waals surface area (Å²) < 4.78 is 31.4. The molecule has 0 saturated heterocycles. The molecule has 0 heterocycles. The van der Waals surface area contributed by atoms with Gasteiger partial charge < -0.3 is 9.45 Å². The third-order valence-electron chi connectivity index (χ3n) is 3.81. The molecule has 0 aromatic rings. The number of nitrogens with zero attached hydrogens (tertiary/aromatic N) is 1. The van der Waals surface area contributed by atoms with Gasteiger partial charge in [-0.1, -0.05) is 58.3 Å². The van der Waals surface area contributed by atoms with Crippen molar-refractivity contribution in [1.29, 1.82) is 0 Å². The van der Waals surface area contributed by atoms with Gasteiger partial charge in [0, 0.05) is 25.8 Å². The van der Waals surface area contributed by atoms with Crippen molar-refractivity contribution in [2.75, 3.05) is 19.3 Å². The minimum Gasteiger partial charge on any atom is -0.748 e. The predicted molar refractivity (Wildman–Crippen MR) is 88.7 cm³/mol. The summed E-state index contributed by atoms with van der Waals surface area (Å²) in [6.07, 6.45) is 11.6. The number of unbranched alkanes of at least 4 members (excludes halogenated alkanes) is 8. The van der Waals surface area contributed by atoms with E-state index in [0.29, 0.717) is 13.0 Å². The SMILES string of the molecule is CCCCCCCCCCCC(=O)N(C)CCCS(=O)(=O)[O-].[K+]. The van der Waals surface area contributed by atoms with E-state index in [2.05, 4.69) is 6.92 Å². The van der Waals surface area contributed by atoms with Crippen molar-refractivity contribution < 1.29 is 69.1 Å². The van der Waals surface area contributed by atoms with Crippen molar-refractivity contribution in [1.82, 2.24) is 4.90 Å². The Balaban J connectivity index is 0. The molecule has 0 aliphatic rings. The molecule has 7 heteroatoms. The minimum absolute atomic E-state index is 0. The second-order valence-corrected chi connectivity index (χ2v) is 7.53. The zero-order valence-corrected chi connectivity index (χ0v) is 19.1. The molecule has 0 aromatic heterocycles. The van der Waals surface area contributed by atoms with Gasteiger partial charge in [0.1, 0.15) is 0 Å². The van der Waals surface area contributed by atoms with E-state index in [1.54, 1.807) is 7.05 Å². The van der Waals surface area contributed by atoms with Crippen LogP contribution in [0.15, 0.2) is 0 Å². The molecule has 0 fully saturated rings. The fourth-order valence-corrected chi connectivity index (χ4v) is 2.86. The van der Waals surface area contributed by atoms with Crippen molar-refractivity contribution in [2.24, 2.45) is 0 Å². The molecule has 0 radical (unpaired) electrons. The van der Waals surface area contributed by atoms with E-state index in [1.807, 2.05) is 0 Å². The fraction of sp³-hybridized carbons (Fsp3) is 0.938. The summed E-state index contributed by atoms with van der Waals surface area (Å²) in [7, 11) is -2.51. The first-order valence-electron chi connectivity index (χ1n) is 8.54. The topological polar surface area (TPSA) is 77.5 Å². The monoisotopic (exact) mass is 373 g/mol. The Morgan fingerprint density at radius 2 is 1.39 bits per heavy atom. The third kappa shape index (κ3) is 19.2. The Morgan fingerprint density at radius 1 is 0.913 bits per heavy atom. The van der Waals surface area contributed by atoms with Gasteiger partial charge in [-0.3, -0.25) is 4.79 Å². The first-order valence-corrected chi connectivity index (χ1v) is 10.1. The average molecular weight is 374 g/mol. The van der Waals surface area contributed by atoms with Crippen LogP contribution in [-0.4, -0.2) is 43.1 Å². The van der Waals surface area contributed by atoms with E-state index in [-0.39, 0.29) is 63.7 Å². The molecule has 132 valence electrons. The summed E-state index contributed by atoms with van der Waals surface area (Å²) in [4.78, 5) is 13.3. The number of carbonyl (C=O) groups is 1.